The van der Waals surface area contributed by atoms with Gasteiger partial charge in [-0.25, -0.2) is 8.42 Å². The van der Waals surface area contributed by atoms with Crippen LogP contribution in [0.2, 0.25) is 5.02 Å². The maximum atomic E-state index is 12.2. The first kappa shape index (κ1) is 14.8. The van der Waals surface area contributed by atoms with E-state index in [0.29, 0.717) is 5.02 Å². The first-order chi connectivity index (χ1) is 8.93. The van der Waals surface area contributed by atoms with Gasteiger partial charge in [0.1, 0.15) is 0 Å². The van der Waals surface area contributed by atoms with Gasteiger partial charge >= 0.3 is 0 Å². The summed E-state index contributed by atoms with van der Waals surface area (Å²) in [7, 11) is -3.16. The van der Waals surface area contributed by atoms with Crippen molar-refractivity contribution in [2.45, 2.75) is 18.1 Å². The van der Waals surface area contributed by atoms with Crippen LogP contribution in [0.1, 0.15) is 18.4 Å². The van der Waals surface area contributed by atoms with E-state index in [-0.39, 0.29) is 24.8 Å². The first-order valence-electron chi connectivity index (χ1n) is 6.30. The third-order valence-electron chi connectivity index (χ3n) is 4.16. The van der Waals surface area contributed by atoms with E-state index in [4.69, 9.17) is 23.1 Å². The van der Waals surface area contributed by atoms with Gasteiger partial charge in [-0.1, -0.05) is 30.7 Å². The highest BCUT2D eigenvalue weighted by molar-refractivity contribution is 7.92. The molecule has 4 nitrogen and oxygen atoms in total. The molecule has 0 radical (unpaired) electrons. The highest BCUT2D eigenvalue weighted by Crippen LogP contribution is 2.61. The highest BCUT2D eigenvalue weighted by Gasteiger charge is 2.68. The van der Waals surface area contributed by atoms with Crippen LogP contribution < -0.4 is 11.5 Å². The van der Waals surface area contributed by atoms with Gasteiger partial charge in [0.25, 0.3) is 0 Å². The summed E-state index contributed by atoms with van der Waals surface area (Å²) < 4.78 is 24.4. The molecule has 1 fully saturated rings. The van der Waals surface area contributed by atoms with Crippen LogP contribution in [-0.4, -0.2) is 32.5 Å². The van der Waals surface area contributed by atoms with E-state index < -0.39 is 20.5 Å². The van der Waals surface area contributed by atoms with Crippen molar-refractivity contribution in [3.05, 3.63) is 34.9 Å². The summed E-state index contributed by atoms with van der Waals surface area (Å²) in [6.45, 7) is 2.21. The van der Waals surface area contributed by atoms with Gasteiger partial charge in [-0.2, -0.15) is 0 Å². The quantitative estimate of drug-likeness (QED) is 0.854. The highest BCUT2D eigenvalue weighted by atomic mass is 35.5. The van der Waals surface area contributed by atoms with Gasteiger partial charge in [-0.3, -0.25) is 0 Å². The summed E-state index contributed by atoms with van der Waals surface area (Å²) in [6, 6.07) is 7.25. The van der Waals surface area contributed by atoms with Gasteiger partial charge in [0.2, 0.25) is 0 Å². The molecule has 0 spiro atoms. The Labute approximate surface area is 119 Å². The monoisotopic (exact) mass is 302 g/mol. The Balaban J connectivity index is 2.42. The topological polar surface area (TPSA) is 86.2 Å². The van der Waals surface area contributed by atoms with Gasteiger partial charge in [-0.05, 0) is 17.7 Å². The molecule has 1 aliphatic rings. The van der Waals surface area contributed by atoms with Crippen molar-refractivity contribution in [1.29, 1.82) is 0 Å². The molecule has 2 atom stereocenters. The molecule has 0 aromatic heterocycles. The second-order valence-corrected chi connectivity index (χ2v) is 7.89. The molecule has 1 saturated carbocycles. The molecule has 1 aromatic rings. The SMILES string of the molecule is CCS(=O)(=O)[C@H]1[C@@H](c2ccc(Cl)cc2)C1(CN)CN. The van der Waals surface area contributed by atoms with Crippen molar-refractivity contribution < 1.29 is 8.42 Å². The van der Waals surface area contributed by atoms with Gasteiger partial charge in [-0.15, -0.1) is 0 Å². The zero-order valence-corrected chi connectivity index (χ0v) is 12.4. The Morgan fingerprint density at radius 1 is 1.21 bits per heavy atom. The minimum Gasteiger partial charge on any atom is -0.330 e. The number of benzene rings is 1. The fraction of sp³-hybridized carbons (Fsp3) is 0.538. The average Bonchev–Trinajstić information content (AvgIpc) is 3.10. The van der Waals surface area contributed by atoms with E-state index in [1.54, 1.807) is 19.1 Å². The predicted molar refractivity (Wildman–Crippen MR) is 78.0 cm³/mol. The third kappa shape index (κ3) is 2.29. The molecule has 0 amide bonds. The van der Waals surface area contributed by atoms with Crippen LogP contribution >= 0.6 is 11.6 Å². The van der Waals surface area contributed by atoms with Crippen molar-refractivity contribution in [2.75, 3.05) is 18.8 Å². The van der Waals surface area contributed by atoms with Gasteiger partial charge in [0.05, 0.1) is 5.25 Å². The maximum Gasteiger partial charge on any atom is 0.154 e. The fourth-order valence-electron chi connectivity index (χ4n) is 2.94. The van der Waals surface area contributed by atoms with Crippen LogP contribution in [0.15, 0.2) is 24.3 Å². The van der Waals surface area contributed by atoms with Gasteiger partial charge in [0, 0.05) is 35.2 Å². The van der Waals surface area contributed by atoms with E-state index >= 15 is 0 Å². The predicted octanol–water partition coefficient (Wildman–Crippen LogP) is 1.14. The number of halogens is 1. The third-order valence-corrected chi connectivity index (χ3v) is 6.73. The summed E-state index contributed by atoms with van der Waals surface area (Å²) in [6.07, 6.45) is 0. The molecule has 1 aliphatic carbocycles. The molecule has 0 saturated heterocycles. The molecule has 0 unspecified atom stereocenters. The second-order valence-electron chi connectivity index (χ2n) is 5.04. The lowest BCUT2D eigenvalue weighted by atomic mass is 9.99. The summed E-state index contributed by atoms with van der Waals surface area (Å²) in [5, 5.41) is 0.159. The van der Waals surface area contributed by atoms with Crippen molar-refractivity contribution >= 4 is 21.4 Å². The number of nitrogens with two attached hydrogens (primary N) is 2. The second kappa shape index (κ2) is 5.05. The number of hydrogen-bond donors (Lipinski definition) is 2. The van der Waals surface area contributed by atoms with Gasteiger partial charge < -0.3 is 11.5 Å². The average molecular weight is 303 g/mol. The smallest absolute Gasteiger partial charge is 0.154 e. The Bertz CT molecular complexity index is 553. The summed E-state index contributed by atoms with van der Waals surface area (Å²) in [5.74, 6) is -0.00604. The lowest BCUT2D eigenvalue weighted by Gasteiger charge is -2.12. The molecular weight excluding hydrogens is 284 g/mol. The van der Waals surface area contributed by atoms with Crippen molar-refractivity contribution in [1.82, 2.24) is 0 Å². The molecule has 4 N–H and O–H groups in total. The van der Waals surface area contributed by atoms with Crippen LogP contribution in [0.25, 0.3) is 0 Å². The van der Waals surface area contributed by atoms with Crippen LogP contribution in [-0.2, 0) is 9.84 Å². The van der Waals surface area contributed by atoms with E-state index in [1.165, 1.54) is 0 Å². The Morgan fingerprint density at radius 3 is 2.16 bits per heavy atom. The number of hydrogen-bond acceptors (Lipinski definition) is 4. The number of sulfone groups is 1. The Kier molecular flexibility index (Phi) is 3.93. The van der Waals surface area contributed by atoms with Crippen LogP contribution in [0.4, 0.5) is 0 Å². The van der Waals surface area contributed by atoms with Crippen molar-refractivity contribution in [2.24, 2.45) is 16.9 Å². The zero-order chi connectivity index (χ0) is 14.3. The Hall–Kier alpha value is -0.620. The molecule has 2 rings (SSSR count). The molecule has 106 valence electrons. The van der Waals surface area contributed by atoms with Crippen molar-refractivity contribution in [3.63, 3.8) is 0 Å². The van der Waals surface area contributed by atoms with E-state index in [9.17, 15) is 8.42 Å². The van der Waals surface area contributed by atoms with Crippen LogP contribution in [0, 0.1) is 5.41 Å². The molecule has 6 heteroatoms. The molecule has 0 aliphatic heterocycles. The molecular formula is C13H19ClN2O2S. The first-order valence-corrected chi connectivity index (χ1v) is 8.39. The normalized spacial score (nSPS) is 25.3. The maximum absolute atomic E-state index is 12.2. The fourth-order valence-corrected chi connectivity index (χ4v) is 5.25. The summed E-state index contributed by atoms with van der Waals surface area (Å²) in [5.41, 5.74) is 12.0. The molecule has 0 bridgehead atoms. The minimum atomic E-state index is -3.16. The molecule has 0 heterocycles. The molecule has 1 aromatic carbocycles. The summed E-state index contributed by atoms with van der Waals surface area (Å²) >= 11 is 5.86. The van der Waals surface area contributed by atoms with Crippen molar-refractivity contribution in [3.8, 4) is 0 Å². The minimum absolute atomic E-state index is 0.115. The van der Waals surface area contributed by atoms with E-state index in [2.05, 4.69) is 0 Å². The van der Waals surface area contributed by atoms with E-state index in [1.807, 2.05) is 12.1 Å². The van der Waals surface area contributed by atoms with Crippen LogP contribution in [0.5, 0.6) is 0 Å². The zero-order valence-electron chi connectivity index (χ0n) is 10.8. The Morgan fingerprint density at radius 2 is 1.74 bits per heavy atom. The number of rotatable bonds is 5. The van der Waals surface area contributed by atoms with E-state index in [0.717, 1.165) is 5.56 Å². The molecule has 19 heavy (non-hydrogen) atoms. The summed E-state index contributed by atoms with van der Waals surface area (Å²) in [4.78, 5) is 0. The standard InChI is InChI=1S/C13H19ClN2O2S/c1-2-19(17,18)12-11(13(12,7-15)8-16)9-3-5-10(14)6-4-9/h3-6,11-12H,2,7-8,15-16H2,1H3/t11-,12+/m1/s1. The largest absolute Gasteiger partial charge is 0.330 e. The van der Waals surface area contributed by atoms with Crippen LogP contribution in [0.3, 0.4) is 0 Å². The lowest BCUT2D eigenvalue weighted by Crippen LogP contribution is -2.31. The van der Waals surface area contributed by atoms with Gasteiger partial charge in [0.15, 0.2) is 9.84 Å². The lowest BCUT2D eigenvalue weighted by molar-refractivity contribution is 0.510.